The fourth-order valence-corrected chi connectivity index (χ4v) is 3.43. The van der Waals surface area contributed by atoms with Gasteiger partial charge in [0.05, 0.1) is 0 Å². The molecule has 1 aromatic carbocycles. The smallest absolute Gasteiger partial charge is 0.251 e. The third-order valence-electron chi connectivity index (χ3n) is 3.63. The number of hydrogen-bond acceptors (Lipinski definition) is 4. The van der Waals surface area contributed by atoms with Gasteiger partial charge in [-0.2, -0.15) is 11.8 Å². The second-order valence-electron chi connectivity index (χ2n) is 5.40. The zero-order valence-corrected chi connectivity index (χ0v) is 13.6. The summed E-state index contributed by atoms with van der Waals surface area (Å²) in [6.07, 6.45) is 2.59. The first-order valence-electron chi connectivity index (χ1n) is 7.54. The number of ether oxygens (including phenoxy) is 1. The van der Waals surface area contributed by atoms with Crippen LogP contribution in [0.25, 0.3) is 0 Å². The molecule has 4 nitrogen and oxygen atoms in total. The molecule has 1 saturated heterocycles. The van der Waals surface area contributed by atoms with Gasteiger partial charge in [-0.05, 0) is 24.3 Å². The molecule has 1 aliphatic rings. The summed E-state index contributed by atoms with van der Waals surface area (Å²) in [4.78, 5) is 16.3. The number of benzene rings is 1. The molecule has 1 atom stereocenters. The van der Waals surface area contributed by atoms with E-state index in [-0.39, 0.29) is 24.1 Å². The lowest BCUT2D eigenvalue weighted by Crippen LogP contribution is -2.23. The summed E-state index contributed by atoms with van der Waals surface area (Å²) in [6.45, 7) is -0.0251. The molecule has 2 aromatic rings. The van der Waals surface area contributed by atoms with Crippen LogP contribution in [0.5, 0.6) is 5.88 Å². The number of halogens is 2. The maximum Gasteiger partial charge on any atom is 0.251 e. The molecule has 1 aromatic heterocycles. The monoisotopic (exact) mass is 350 g/mol. The largest absolute Gasteiger partial charge is 0.473 e. The number of rotatable bonds is 5. The molecule has 0 saturated carbocycles. The fourth-order valence-electron chi connectivity index (χ4n) is 2.33. The van der Waals surface area contributed by atoms with Crippen molar-refractivity contribution in [3.8, 4) is 5.88 Å². The van der Waals surface area contributed by atoms with E-state index in [9.17, 15) is 13.6 Å². The Kier molecular flexibility index (Phi) is 5.30. The first-order chi connectivity index (χ1) is 11.6. The Bertz CT molecular complexity index is 736. The van der Waals surface area contributed by atoms with Gasteiger partial charge < -0.3 is 10.1 Å². The normalized spacial score (nSPS) is 16.8. The van der Waals surface area contributed by atoms with E-state index >= 15 is 0 Å². The zero-order valence-electron chi connectivity index (χ0n) is 12.8. The van der Waals surface area contributed by atoms with E-state index < -0.39 is 11.6 Å². The van der Waals surface area contributed by atoms with Crippen LogP contribution in [0, 0.1) is 11.6 Å². The SMILES string of the molecule is O=C(NCc1ccc(F)cc1F)c1ccnc(O[C@H]2CCSC2)c1. The van der Waals surface area contributed by atoms with Crippen molar-refractivity contribution in [2.45, 2.75) is 19.1 Å². The lowest BCUT2D eigenvalue weighted by molar-refractivity contribution is 0.0949. The van der Waals surface area contributed by atoms with Crippen LogP contribution in [0.3, 0.4) is 0 Å². The average molecular weight is 350 g/mol. The number of amides is 1. The van der Waals surface area contributed by atoms with Crippen LogP contribution < -0.4 is 10.1 Å². The van der Waals surface area contributed by atoms with Crippen molar-refractivity contribution < 1.29 is 18.3 Å². The Hall–Kier alpha value is -2.15. The second-order valence-corrected chi connectivity index (χ2v) is 6.55. The van der Waals surface area contributed by atoms with Gasteiger partial charge in [-0.1, -0.05) is 6.07 Å². The number of carbonyl (C=O) groups is 1. The Morgan fingerprint density at radius 1 is 1.33 bits per heavy atom. The maximum atomic E-state index is 13.6. The van der Waals surface area contributed by atoms with Crippen molar-refractivity contribution >= 4 is 17.7 Å². The summed E-state index contributed by atoms with van der Waals surface area (Å²) < 4.78 is 32.2. The molecule has 1 N–H and O–H groups in total. The van der Waals surface area contributed by atoms with Crippen LogP contribution in [0.4, 0.5) is 8.78 Å². The summed E-state index contributed by atoms with van der Waals surface area (Å²) >= 11 is 1.83. The van der Waals surface area contributed by atoms with Gasteiger partial charge in [-0.15, -0.1) is 0 Å². The van der Waals surface area contributed by atoms with Crippen molar-refractivity contribution in [3.63, 3.8) is 0 Å². The number of hydrogen-bond donors (Lipinski definition) is 1. The lowest BCUT2D eigenvalue weighted by Gasteiger charge is -2.12. The summed E-state index contributed by atoms with van der Waals surface area (Å²) in [5, 5.41) is 2.61. The van der Waals surface area contributed by atoms with Gasteiger partial charge in [0.2, 0.25) is 5.88 Å². The van der Waals surface area contributed by atoms with Gasteiger partial charge in [0, 0.05) is 41.8 Å². The average Bonchev–Trinajstić information content (AvgIpc) is 3.07. The van der Waals surface area contributed by atoms with Crippen molar-refractivity contribution in [2.75, 3.05) is 11.5 Å². The predicted octanol–water partition coefficient (Wildman–Crippen LogP) is 3.17. The molecule has 0 bridgehead atoms. The molecule has 3 rings (SSSR count). The topological polar surface area (TPSA) is 51.2 Å². The van der Waals surface area contributed by atoms with Crippen LogP contribution in [-0.2, 0) is 6.54 Å². The highest BCUT2D eigenvalue weighted by Gasteiger charge is 2.18. The summed E-state index contributed by atoms with van der Waals surface area (Å²) in [7, 11) is 0. The third-order valence-corrected chi connectivity index (χ3v) is 4.76. The minimum atomic E-state index is -0.687. The van der Waals surface area contributed by atoms with E-state index in [2.05, 4.69) is 10.3 Å². The molecule has 1 aliphatic heterocycles. The number of thioether (sulfide) groups is 1. The van der Waals surface area contributed by atoms with Gasteiger partial charge in [-0.25, -0.2) is 13.8 Å². The molecule has 0 radical (unpaired) electrons. The van der Waals surface area contributed by atoms with Gasteiger partial charge >= 0.3 is 0 Å². The number of pyridine rings is 1. The molecule has 0 unspecified atom stereocenters. The van der Waals surface area contributed by atoms with Gasteiger partial charge in [0.25, 0.3) is 5.91 Å². The zero-order chi connectivity index (χ0) is 16.9. The second kappa shape index (κ2) is 7.61. The minimum absolute atomic E-state index is 0.0251. The Balaban J connectivity index is 1.62. The quantitative estimate of drug-likeness (QED) is 0.900. The standard InChI is InChI=1S/C17H16F2N2O2S/c18-13-2-1-12(15(19)8-13)9-21-17(22)11-3-5-20-16(7-11)23-14-4-6-24-10-14/h1-3,5,7-8,14H,4,6,9-10H2,(H,21,22)/t14-/m0/s1. The highest BCUT2D eigenvalue weighted by molar-refractivity contribution is 7.99. The molecule has 7 heteroatoms. The molecule has 0 spiro atoms. The van der Waals surface area contributed by atoms with Crippen LogP contribution in [-0.4, -0.2) is 28.5 Å². The molecule has 0 aliphatic carbocycles. The molecular formula is C17H16F2N2O2S. The van der Waals surface area contributed by atoms with E-state index in [4.69, 9.17) is 4.74 Å². The van der Waals surface area contributed by atoms with E-state index in [0.29, 0.717) is 11.4 Å². The summed E-state index contributed by atoms with van der Waals surface area (Å²) in [6, 6.07) is 6.39. The fraction of sp³-hybridized carbons (Fsp3) is 0.294. The van der Waals surface area contributed by atoms with E-state index in [1.807, 2.05) is 11.8 Å². The number of nitrogens with zero attached hydrogens (tertiary/aromatic N) is 1. The molecule has 1 fully saturated rings. The van der Waals surface area contributed by atoms with Crippen LogP contribution >= 0.6 is 11.8 Å². The van der Waals surface area contributed by atoms with Crippen LogP contribution in [0.15, 0.2) is 36.5 Å². The Morgan fingerprint density at radius 3 is 2.96 bits per heavy atom. The Morgan fingerprint density at radius 2 is 2.21 bits per heavy atom. The first-order valence-corrected chi connectivity index (χ1v) is 8.70. The summed E-state index contributed by atoms with van der Waals surface area (Å²) in [5.74, 6) is 0.682. The third kappa shape index (κ3) is 4.23. The molecule has 2 heterocycles. The number of nitrogens with one attached hydrogen (secondary N) is 1. The van der Waals surface area contributed by atoms with Crippen molar-refractivity contribution in [2.24, 2.45) is 0 Å². The van der Waals surface area contributed by atoms with E-state index in [1.165, 1.54) is 12.3 Å². The van der Waals surface area contributed by atoms with Crippen LogP contribution in [0.2, 0.25) is 0 Å². The van der Waals surface area contributed by atoms with Crippen molar-refractivity contribution in [1.82, 2.24) is 10.3 Å². The molecular weight excluding hydrogens is 334 g/mol. The first kappa shape index (κ1) is 16.7. The predicted molar refractivity (Wildman–Crippen MR) is 88.1 cm³/mol. The highest BCUT2D eigenvalue weighted by Crippen LogP contribution is 2.22. The minimum Gasteiger partial charge on any atom is -0.473 e. The van der Waals surface area contributed by atoms with Crippen LogP contribution in [0.1, 0.15) is 22.3 Å². The number of carbonyl (C=O) groups excluding carboxylic acids is 1. The van der Waals surface area contributed by atoms with Gasteiger partial charge in [-0.3, -0.25) is 4.79 Å². The van der Waals surface area contributed by atoms with E-state index in [0.717, 1.165) is 30.1 Å². The lowest BCUT2D eigenvalue weighted by atomic mass is 10.2. The van der Waals surface area contributed by atoms with Gasteiger partial charge in [0.1, 0.15) is 17.7 Å². The van der Waals surface area contributed by atoms with E-state index in [1.54, 1.807) is 12.1 Å². The molecule has 1 amide bonds. The highest BCUT2D eigenvalue weighted by atomic mass is 32.2. The molecule has 24 heavy (non-hydrogen) atoms. The number of aromatic nitrogens is 1. The van der Waals surface area contributed by atoms with Gasteiger partial charge in [0.15, 0.2) is 0 Å². The molecule has 126 valence electrons. The van der Waals surface area contributed by atoms with Crippen molar-refractivity contribution in [3.05, 3.63) is 59.3 Å². The summed E-state index contributed by atoms with van der Waals surface area (Å²) in [5.41, 5.74) is 0.603. The Labute approximate surface area is 142 Å². The van der Waals surface area contributed by atoms with Crippen molar-refractivity contribution in [1.29, 1.82) is 0 Å². The maximum absolute atomic E-state index is 13.6.